The fourth-order valence-corrected chi connectivity index (χ4v) is 3.64. The van der Waals surface area contributed by atoms with Crippen molar-refractivity contribution in [1.29, 1.82) is 0 Å². The minimum Gasteiger partial charge on any atom is -0.206 e. The lowest BCUT2D eigenvalue weighted by atomic mass is 9.94. The number of hydrogen-bond donors (Lipinski definition) is 0. The van der Waals surface area contributed by atoms with E-state index in [1.807, 2.05) is 18.2 Å². The van der Waals surface area contributed by atoms with Gasteiger partial charge in [0.1, 0.15) is 11.6 Å². The van der Waals surface area contributed by atoms with Crippen LogP contribution in [0, 0.1) is 18.6 Å². The zero-order chi connectivity index (χ0) is 20.1. The second kappa shape index (κ2) is 9.14. The molecular formula is C26H28F2. The molecule has 3 aromatic rings. The first kappa shape index (κ1) is 20.3. The van der Waals surface area contributed by atoms with Crippen LogP contribution in [0.1, 0.15) is 49.8 Å². The molecule has 0 heterocycles. The Morgan fingerprint density at radius 1 is 0.714 bits per heavy atom. The average Bonchev–Trinajstić information content (AvgIpc) is 2.70. The van der Waals surface area contributed by atoms with Crippen LogP contribution in [0.3, 0.4) is 0 Å². The minimum absolute atomic E-state index is 0.252. The summed E-state index contributed by atoms with van der Waals surface area (Å²) in [7, 11) is 0. The van der Waals surface area contributed by atoms with E-state index in [1.54, 1.807) is 25.1 Å². The molecule has 0 nitrogen and oxygen atoms in total. The summed E-state index contributed by atoms with van der Waals surface area (Å²) in [4.78, 5) is 0. The molecule has 0 amide bonds. The molecule has 0 aromatic heterocycles. The lowest BCUT2D eigenvalue weighted by Crippen LogP contribution is -1.96. The van der Waals surface area contributed by atoms with E-state index in [0.717, 1.165) is 43.2 Å². The van der Waals surface area contributed by atoms with Crippen molar-refractivity contribution in [1.82, 2.24) is 0 Å². The largest absolute Gasteiger partial charge is 0.206 e. The summed E-state index contributed by atoms with van der Waals surface area (Å²) < 4.78 is 29.7. The van der Waals surface area contributed by atoms with Crippen molar-refractivity contribution < 1.29 is 8.78 Å². The van der Waals surface area contributed by atoms with Crippen molar-refractivity contribution in [3.8, 4) is 22.3 Å². The predicted octanol–water partition coefficient (Wildman–Crippen LogP) is 7.90. The summed E-state index contributed by atoms with van der Waals surface area (Å²) in [6.45, 7) is 6.05. The highest BCUT2D eigenvalue weighted by molar-refractivity contribution is 5.72. The van der Waals surface area contributed by atoms with Gasteiger partial charge in [-0.05, 0) is 60.1 Å². The van der Waals surface area contributed by atoms with E-state index in [0.29, 0.717) is 22.3 Å². The second-order valence-corrected chi connectivity index (χ2v) is 7.46. The molecule has 0 N–H and O–H groups in total. The van der Waals surface area contributed by atoms with Gasteiger partial charge >= 0.3 is 0 Å². The van der Waals surface area contributed by atoms with Crippen LogP contribution in [-0.4, -0.2) is 0 Å². The van der Waals surface area contributed by atoms with Gasteiger partial charge in [0.15, 0.2) is 0 Å². The van der Waals surface area contributed by atoms with Crippen LogP contribution in [0.2, 0.25) is 0 Å². The summed E-state index contributed by atoms with van der Waals surface area (Å²) >= 11 is 0. The number of benzene rings is 3. The third-order valence-corrected chi connectivity index (χ3v) is 5.38. The predicted molar refractivity (Wildman–Crippen MR) is 115 cm³/mol. The summed E-state index contributed by atoms with van der Waals surface area (Å²) in [6, 6.07) is 16.8. The van der Waals surface area contributed by atoms with Crippen molar-refractivity contribution in [2.75, 3.05) is 0 Å². The Morgan fingerprint density at radius 3 is 2.04 bits per heavy atom. The average molecular weight is 379 g/mol. The molecule has 0 bridgehead atoms. The monoisotopic (exact) mass is 378 g/mol. The maximum atomic E-state index is 14.9. The Morgan fingerprint density at radius 2 is 1.39 bits per heavy atom. The van der Waals surface area contributed by atoms with Gasteiger partial charge in [0.05, 0.1) is 0 Å². The molecular weight excluding hydrogens is 350 g/mol. The van der Waals surface area contributed by atoms with Gasteiger partial charge in [0.2, 0.25) is 0 Å². The quantitative estimate of drug-likeness (QED) is 0.392. The third-order valence-electron chi connectivity index (χ3n) is 5.38. The molecule has 3 aromatic carbocycles. The number of unbranched alkanes of at least 4 members (excludes halogenated alkanes) is 1. The van der Waals surface area contributed by atoms with Crippen LogP contribution >= 0.6 is 0 Å². The Balaban J connectivity index is 1.90. The van der Waals surface area contributed by atoms with Crippen molar-refractivity contribution in [2.24, 2.45) is 0 Å². The van der Waals surface area contributed by atoms with Gasteiger partial charge in [-0.1, -0.05) is 75.2 Å². The molecule has 0 aliphatic rings. The van der Waals surface area contributed by atoms with Crippen molar-refractivity contribution in [2.45, 2.75) is 52.9 Å². The van der Waals surface area contributed by atoms with Gasteiger partial charge in [-0.2, -0.15) is 0 Å². The molecule has 0 spiro atoms. The van der Waals surface area contributed by atoms with Gasteiger partial charge in [0.25, 0.3) is 0 Å². The molecule has 0 atom stereocenters. The van der Waals surface area contributed by atoms with Gasteiger partial charge in [-0.15, -0.1) is 0 Å². The van der Waals surface area contributed by atoms with E-state index >= 15 is 0 Å². The van der Waals surface area contributed by atoms with Crippen LogP contribution in [0.15, 0.2) is 54.6 Å². The second-order valence-electron chi connectivity index (χ2n) is 7.46. The highest BCUT2D eigenvalue weighted by Crippen LogP contribution is 2.31. The van der Waals surface area contributed by atoms with E-state index in [-0.39, 0.29) is 11.6 Å². The smallest absolute Gasteiger partial charge is 0.134 e. The molecule has 0 radical (unpaired) electrons. The highest BCUT2D eigenvalue weighted by atomic mass is 19.1. The molecule has 146 valence electrons. The minimum atomic E-state index is -0.325. The Bertz CT molecular complexity index is 939. The van der Waals surface area contributed by atoms with Gasteiger partial charge < -0.3 is 0 Å². The molecule has 3 rings (SSSR count). The number of rotatable bonds is 7. The van der Waals surface area contributed by atoms with E-state index < -0.39 is 0 Å². The number of halogens is 2. The molecule has 0 fully saturated rings. The first-order valence-electron chi connectivity index (χ1n) is 10.2. The van der Waals surface area contributed by atoms with Crippen LogP contribution in [0.4, 0.5) is 8.78 Å². The SMILES string of the molecule is CCCCc1ccc(-c2ccc(-c3ccc(CCC)c(C)c3F)cc2F)cc1. The van der Waals surface area contributed by atoms with Crippen molar-refractivity contribution >= 4 is 0 Å². The zero-order valence-electron chi connectivity index (χ0n) is 17.0. The highest BCUT2D eigenvalue weighted by Gasteiger charge is 2.13. The molecule has 28 heavy (non-hydrogen) atoms. The fourth-order valence-electron chi connectivity index (χ4n) is 3.64. The van der Waals surface area contributed by atoms with Gasteiger partial charge in [-0.3, -0.25) is 0 Å². The molecule has 0 saturated carbocycles. The Kier molecular flexibility index (Phi) is 6.61. The summed E-state index contributed by atoms with van der Waals surface area (Å²) in [5.74, 6) is -0.577. The fraction of sp³-hybridized carbons (Fsp3) is 0.308. The topological polar surface area (TPSA) is 0 Å². The van der Waals surface area contributed by atoms with Gasteiger partial charge in [0, 0.05) is 11.1 Å². The molecule has 0 aliphatic heterocycles. The first-order valence-corrected chi connectivity index (χ1v) is 10.2. The standard InChI is InChI=1S/C26H28F2/c1-4-6-8-19-9-11-21(12-10-19)23-15-14-22(17-25(23)27)24-16-13-20(7-5-2)18(3)26(24)28/h9-17H,4-8H2,1-3H3. The molecule has 2 heteroatoms. The normalized spacial score (nSPS) is 11.0. The zero-order valence-corrected chi connectivity index (χ0v) is 17.0. The molecule has 0 saturated heterocycles. The van der Waals surface area contributed by atoms with Crippen molar-refractivity contribution in [3.05, 3.63) is 82.9 Å². The van der Waals surface area contributed by atoms with Crippen LogP contribution in [-0.2, 0) is 12.8 Å². The Hall–Kier alpha value is -2.48. The maximum absolute atomic E-state index is 14.9. The van der Waals surface area contributed by atoms with Gasteiger partial charge in [-0.25, -0.2) is 8.78 Å². The summed E-state index contributed by atoms with van der Waals surface area (Å²) in [6.07, 6.45) is 5.19. The third kappa shape index (κ3) is 4.32. The maximum Gasteiger partial charge on any atom is 0.134 e. The van der Waals surface area contributed by atoms with Crippen LogP contribution < -0.4 is 0 Å². The first-order chi connectivity index (χ1) is 13.5. The van der Waals surface area contributed by atoms with E-state index in [1.165, 1.54) is 11.6 Å². The Labute approximate surface area is 167 Å². The molecule has 0 unspecified atom stereocenters. The van der Waals surface area contributed by atoms with Crippen molar-refractivity contribution in [3.63, 3.8) is 0 Å². The summed E-state index contributed by atoms with van der Waals surface area (Å²) in [5.41, 5.74) is 5.37. The number of aryl methyl sites for hydroxylation is 2. The lowest BCUT2D eigenvalue weighted by Gasteiger charge is -2.12. The van der Waals surface area contributed by atoms with E-state index in [2.05, 4.69) is 26.0 Å². The summed E-state index contributed by atoms with van der Waals surface area (Å²) in [5, 5.41) is 0. The molecule has 0 aliphatic carbocycles. The van der Waals surface area contributed by atoms with Crippen LogP contribution in [0.25, 0.3) is 22.3 Å². The number of hydrogen-bond acceptors (Lipinski definition) is 0. The lowest BCUT2D eigenvalue weighted by molar-refractivity contribution is 0.616. The van der Waals surface area contributed by atoms with Crippen LogP contribution in [0.5, 0.6) is 0 Å². The van der Waals surface area contributed by atoms with E-state index in [9.17, 15) is 8.78 Å². The van der Waals surface area contributed by atoms with E-state index in [4.69, 9.17) is 0 Å².